The fourth-order valence-corrected chi connectivity index (χ4v) is 2.58. The summed E-state index contributed by atoms with van der Waals surface area (Å²) in [7, 11) is 1.63. The molecule has 0 bridgehead atoms. The summed E-state index contributed by atoms with van der Waals surface area (Å²) in [6.45, 7) is 3.50. The Morgan fingerprint density at radius 2 is 2.00 bits per heavy atom. The van der Waals surface area contributed by atoms with Crippen molar-refractivity contribution >= 4 is 5.91 Å². The van der Waals surface area contributed by atoms with Crippen molar-refractivity contribution in [3.05, 3.63) is 29.8 Å². The zero-order valence-corrected chi connectivity index (χ0v) is 11.7. The second kappa shape index (κ2) is 5.61. The molecule has 4 heteroatoms. The highest BCUT2D eigenvalue weighted by Crippen LogP contribution is 2.24. The number of hydrogen-bond acceptors (Lipinski definition) is 3. The van der Waals surface area contributed by atoms with Crippen molar-refractivity contribution in [2.75, 3.05) is 20.2 Å². The lowest BCUT2D eigenvalue weighted by Gasteiger charge is -2.48. The lowest BCUT2D eigenvalue weighted by atomic mass is 9.86. The molecule has 2 rings (SSSR count). The molecule has 0 spiro atoms. The smallest absolute Gasteiger partial charge is 0.227 e. The quantitative estimate of drug-likeness (QED) is 0.876. The molecule has 1 amide bonds. The Hall–Kier alpha value is -1.55. The van der Waals surface area contributed by atoms with Gasteiger partial charge < -0.3 is 15.4 Å². The minimum atomic E-state index is -0.148. The number of carbonyl (C=O) groups is 1. The molecule has 0 unspecified atom stereocenters. The van der Waals surface area contributed by atoms with Crippen LogP contribution in [0.1, 0.15) is 25.3 Å². The van der Waals surface area contributed by atoms with Gasteiger partial charge in [-0.15, -0.1) is 0 Å². The molecule has 2 N–H and O–H groups in total. The van der Waals surface area contributed by atoms with Gasteiger partial charge in [-0.1, -0.05) is 25.5 Å². The monoisotopic (exact) mass is 262 g/mol. The fourth-order valence-electron chi connectivity index (χ4n) is 2.58. The molecular weight excluding hydrogens is 240 g/mol. The van der Waals surface area contributed by atoms with Gasteiger partial charge >= 0.3 is 0 Å². The predicted molar refractivity (Wildman–Crippen MR) is 75.1 cm³/mol. The van der Waals surface area contributed by atoms with Crippen molar-refractivity contribution in [1.29, 1.82) is 0 Å². The van der Waals surface area contributed by atoms with Gasteiger partial charge in [0.2, 0.25) is 5.91 Å². The Labute approximate surface area is 114 Å². The number of carbonyl (C=O) groups excluding carboxylic acids is 1. The zero-order valence-electron chi connectivity index (χ0n) is 11.7. The minimum absolute atomic E-state index is 0.148. The van der Waals surface area contributed by atoms with E-state index >= 15 is 0 Å². The van der Waals surface area contributed by atoms with Crippen LogP contribution in [0.5, 0.6) is 5.75 Å². The molecule has 1 heterocycles. The van der Waals surface area contributed by atoms with E-state index < -0.39 is 0 Å². The molecule has 1 aromatic rings. The van der Waals surface area contributed by atoms with Crippen molar-refractivity contribution in [1.82, 2.24) is 4.90 Å². The van der Waals surface area contributed by atoms with Crippen LogP contribution in [0.3, 0.4) is 0 Å². The first-order valence-electron chi connectivity index (χ1n) is 6.76. The molecular formula is C15H22N2O2. The van der Waals surface area contributed by atoms with Crippen molar-refractivity contribution in [3.63, 3.8) is 0 Å². The maximum atomic E-state index is 12.1. The normalized spacial score (nSPS) is 16.9. The summed E-state index contributed by atoms with van der Waals surface area (Å²) >= 11 is 0. The van der Waals surface area contributed by atoms with Gasteiger partial charge in [0.05, 0.1) is 19.1 Å². The number of amides is 1. The lowest BCUT2D eigenvalue weighted by molar-refractivity contribution is -0.138. The van der Waals surface area contributed by atoms with Crippen LogP contribution in [0.15, 0.2) is 24.3 Å². The topological polar surface area (TPSA) is 55.6 Å². The number of nitrogens with zero attached hydrogens (tertiary/aromatic N) is 1. The highest BCUT2D eigenvalue weighted by molar-refractivity contribution is 5.80. The fraction of sp³-hybridized carbons (Fsp3) is 0.533. The Morgan fingerprint density at radius 3 is 2.53 bits per heavy atom. The highest BCUT2D eigenvalue weighted by atomic mass is 16.5. The molecule has 0 saturated carbocycles. The molecule has 4 nitrogen and oxygen atoms in total. The summed E-state index contributed by atoms with van der Waals surface area (Å²) in [5.41, 5.74) is 7.02. The summed E-state index contributed by atoms with van der Waals surface area (Å²) in [6, 6.07) is 7.61. The summed E-state index contributed by atoms with van der Waals surface area (Å²) in [5, 5.41) is 0. The number of methoxy groups -OCH3 is 1. The predicted octanol–water partition coefficient (Wildman–Crippen LogP) is 1.58. The SMILES string of the molecule is CCCC1(N)CN(C(=O)Cc2ccc(OC)cc2)C1. The van der Waals surface area contributed by atoms with Gasteiger partial charge in [-0.05, 0) is 24.1 Å². The van der Waals surface area contributed by atoms with Gasteiger partial charge in [0.25, 0.3) is 0 Å². The number of nitrogens with two attached hydrogens (primary N) is 1. The van der Waals surface area contributed by atoms with Gasteiger partial charge in [-0.3, -0.25) is 4.79 Å². The van der Waals surface area contributed by atoms with Gasteiger partial charge in [-0.2, -0.15) is 0 Å². The van der Waals surface area contributed by atoms with Crippen LogP contribution in [-0.2, 0) is 11.2 Å². The van der Waals surface area contributed by atoms with Crippen molar-refractivity contribution in [2.24, 2.45) is 5.73 Å². The van der Waals surface area contributed by atoms with E-state index in [-0.39, 0.29) is 11.4 Å². The minimum Gasteiger partial charge on any atom is -0.497 e. The summed E-state index contributed by atoms with van der Waals surface area (Å²) in [5.74, 6) is 0.964. The third kappa shape index (κ3) is 3.26. The van der Waals surface area contributed by atoms with Crippen LogP contribution in [-0.4, -0.2) is 36.5 Å². The van der Waals surface area contributed by atoms with Gasteiger partial charge in [0, 0.05) is 13.1 Å². The van der Waals surface area contributed by atoms with Crippen LogP contribution in [0, 0.1) is 0 Å². The summed E-state index contributed by atoms with van der Waals surface area (Å²) in [4.78, 5) is 13.9. The third-order valence-corrected chi connectivity index (χ3v) is 3.63. The second-order valence-electron chi connectivity index (χ2n) is 5.39. The molecule has 0 radical (unpaired) electrons. The molecule has 104 valence electrons. The average Bonchev–Trinajstić information content (AvgIpc) is 2.37. The third-order valence-electron chi connectivity index (χ3n) is 3.63. The first kappa shape index (κ1) is 13.9. The van der Waals surface area contributed by atoms with E-state index in [9.17, 15) is 4.79 Å². The number of ether oxygens (including phenoxy) is 1. The Bertz CT molecular complexity index is 436. The van der Waals surface area contributed by atoms with Crippen LogP contribution in [0.4, 0.5) is 0 Å². The molecule has 1 aliphatic heterocycles. The Kier molecular flexibility index (Phi) is 4.10. The number of rotatable bonds is 5. The van der Waals surface area contributed by atoms with E-state index in [1.165, 1.54) is 0 Å². The maximum absolute atomic E-state index is 12.1. The zero-order chi connectivity index (χ0) is 13.9. The lowest BCUT2D eigenvalue weighted by Crippen LogP contribution is -2.68. The van der Waals surface area contributed by atoms with Crippen LogP contribution in [0.25, 0.3) is 0 Å². The average molecular weight is 262 g/mol. The van der Waals surface area contributed by atoms with E-state index in [1.807, 2.05) is 29.2 Å². The van der Waals surface area contributed by atoms with E-state index in [2.05, 4.69) is 6.92 Å². The molecule has 0 atom stereocenters. The number of likely N-dealkylation sites (tertiary alicyclic amines) is 1. The molecule has 1 fully saturated rings. The van der Waals surface area contributed by atoms with Gasteiger partial charge in [-0.25, -0.2) is 0 Å². The molecule has 1 aromatic carbocycles. The first-order chi connectivity index (χ1) is 9.06. The number of hydrogen-bond donors (Lipinski definition) is 1. The van der Waals surface area contributed by atoms with Crippen molar-refractivity contribution in [3.8, 4) is 5.75 Å². The largest absolute Gasteiger partial charge is 0.497 e. The van der Waals surface area contributed by atoms with Gasteiger partial charge in [0.15, 0.2) is 0 Å². The van der Waals surface area contributed by atoms with E-state index in [1.54, 1.807) is 7.11 Å². The Balaban J connectivity index is 1.85. The van der Waals surface area contributed by atoms with E-state index in [0.717, 1.165) is 24.2 Å². The molecule has 0 aromatic heterocycles. The molecule has 1 saturated heterocycles. The van der Waals surface area contributed by atoms with Crippen molar-refractivity contribution < 1.29 is 9.53 Å². The number of benzene rings is 1. The van der Waals surface area contributed by atoms with E-state index in [4.69, 9.17) is 10.5 Å². The summed E-state index contributed by atoms with van der Waals surface area (Å²) in [6.07, 6.45) is 2.49. The van der Waals surface area contributed by atoms with Crippen LogP contribution >= 0.6 is 0 Å². The standard InChI is InChI=1S/C15H22N2O2/c1-3-8-15(16)10-17(11-15)14(18)9-12-4-6-13(19-2)7-5-12/h4-7H,3,8-11,16H2,1-2H3. The van der Waals surface area contributed by atoms with Gasteiger partial charge in [0.1, 0.15) is 5.75 Å². The summed E-state index contributed by atoms with van der Waals surface area (Å²) < 4.78 is 5.10. The highest BCUT2D eigenvalue weighted by Gasteiger charge is 2.40. The van der Waals surface area contributed by atoms with Crippen molar-refractivity contribution in [2.45, 2.75) is 31.7 Å². The Morgan fingerprint density at radius 1 is 1.37 bits per heavy atom. The first-order valence-corrected chi connectivity index (χ1v) is 6.76. The van der Waals surface area contributed by atoms with Crippen LogP contribution < -0.4 is 10.5 Å². The van der Waals surface area contributed by atoms with E-state index in [0.29, 0.717) is 19.5 Å². The molecule has 0 aliphatic carbocycles. The molecule has 1 aliphatic rings. The molecule has 19 heavy (non-hydrogen) atoms. The maximum Gasteiger partial charge on any atom is 0.227 e. The second-order valence-corrected chi connectivity index (χ2v) is 5.39. The van der Waals surface area contributed by atoms with Crippen LogP contribution in [0.2, 0.25) is 0 Å².